The quantitative estimate of drug-likeness (QED) is 0.401. The van der Waals surface area contributed by atoms with Crippen LogP contribution >= 0.6 is 0 Å². The Morgan fingerprint density at radius 3 is 2.69 bits per heavy atom. The number of H-pyrrole nitrogens is 2. The number of nitrogens with zero attached hydrogens (tertiary/aromatic N) is 7. The van der Waals surface area contributed by atoms with Gasteiger partial charge in [-0.3, -0.25) is 10.1 Å². The van der Waals surface area contributed by atoms with E-state index in [0.717, 1.165) is 59.5 Å². The first-order valence-corrected chi connectivity index (χ1v) is 10.4. The van der Waals surface area contributed by atoms with E-state index < -0.39 is 0 Å². The van der Waals surface area contributed by atoms with Crippen LogP contribution in [0.3, 0.4) is 0 Å². The highest BCUT2D eigenvalue weighted by Gasteiger charge is 2.21. The van der Waals surface area contributed by atoms with Crippen LogP contribution in [-0.4, -0.2) is 78.4 Å². The average molecular weight is 427 g/mol. The van der Waals surface area contributed by atoms with E-state index in [1.807, 2.05) is 18.3 Å². The van der Waals surface area contributed by atoms with E-state index in [0.29, 0.717) is 17.2 Å². The lowest BCUT2D eigenvalue weighted by Gasteiger charge is -2.33. The molecule has 1 saturated heterocycles. The van der Waals surface area contributed by atoms with Crippen molar-refractivity contribution < 1.29 is 5.11 Å². The second kappa shape index (κ2) is 7.27. The second-order valence-corrected chi connectivity index (χ2v) is 8.03. The minimum absolute atomic E-state index is 0.108. The molecule has 6 heterocycles. The summed E-state index contributed by atoms with van der Waals surface area (Å²) >= 11 is 0. The van der Waals surface area contributed by atoms with Crippen molar-refractivity contribution in [3.8, 4) is 28.4 Å². The number of imidazole rings is 1. The number of nitrogens with one attached hydrogen (secondary N) is 2. The van der Waals surface area contributed by atoms with Gasteiger partial charge in [-0.1, -0.05) is 0 Å². The Labute approximate surface area is 183 Å². The van der Waals surface area contributed by atoms with E-state index in [2.05, 4.69) is 47.0 Å². The highest BCUT2D eigenvalue weighted by Crippen LogP contribution is 2.31. The first-order valence-electron chi connectivity index (χ1n) is 10.4. The minimum Gasteiger partial charge on any atom is -0.506 e. The molecule has 0 aliphatic carbocycles. The number of aromatic hydroxyl groups is 1. The average Bonchev–Trinajstić information content (AvgIpc) is 3.43. The van der Waals surface area contributed by atoms with Gasteiger partial charge in [0.15, 0.2) is 17.3 Å². The first kappa shape index (κ1) is 18.7. The molecule has 0 amide bonds. The number of rotatable bonds is 3. The van der Waals surface area contributed by atoms with Gasteiger partial charge < -0.3 is 19.9 Å². The summed E-state index contributed by atoms with van der Waals surface area (Å²) in [6, 6.07) is 5.57. The maximum Gasteiger partial charge on any atom is 0.159 e. The lowest BCUT2D eigenvalue weighted by atomic mass is 10.1. The molecule has 6 rings (SSSR count). The molecular formula is C22H21N9O. The summed E-state index contributed by atoms with van der Waals surface area (Å²) < 4.78 is 0. The SMILES string of the molecule is CN1CCN(c2nccc3[nH]c(-c4n[nH]c5ncc(-c6cncc(O)c6)cc45)nc23)CC1. The smallest absolute Gasteiger partial charge is 0.159 e. The molecule has 32 heavy (non-hydrogen) atoms. The largest absolute Gasteiger partial charge is 0.506 e. The summed E-state index contributed by atoms with van der Waals surface area (Å²) in [5, 5.41) is 18.1. The van der Waals surface area contributed by atoms with E-state index in [1.54, 1.807) is 18.5 Å². The van der Waals surface area contributed by atoms with Gasteiger partial charge in [-0.25, -0.2) is 15.0 Å². The summed E-state index contributed by atoms with van der Waals surface area (Å²) in [7, 11) is 2.13. The van der Waals surface area contributed by atoms with Crippen LogP contribution in [0, 0.1) is 0 Å². The maximum atomic E-state index is 9.78. The van der Waals surface area contributed by atoms with E-state index in [9.17, 15) is 5.11 Å². The number of aromatic amines is 2. The number of fused-ring (bicyclic) bond motifs is 2. The molecule has 1 aliphatic rings. The topological polar surface area (TPSA) is 123 Å². The summed E-state index contributed by atoms with van der Waals surface area (Å²) in [5.74, 6) is 1.65. The molecule has 10 nitrogen and oxygen atoms in total. The zero-order chi connectivity index (χ0) is 21.7. The van der Waals surface area contributed by atoms with Crippen molar-refractivity contribution in [3.63, 3.8) is 0 Å². The van der Waals surface area contributed by atoms with Gasteiger partial charge in [0.25, 0.3) is 0 Å². The molecule has 5 aromatic rings. The van der Waals surface area contributed by atoms with E-state index >= 15 is 0 Å². The summed E-state index contributed by atoms with van der Waals surface area (Å²) in [6.45, 7) is 3.83. The van der Waals surface area contributed by atoms with Crippen LogP contribution in [0.5, 0.6) is 5.75 Å². The molecule has 0 bridgehead atoms. The summed E-state index contributed by atoms with van der Waals surface area (Å²) in [4.78, 5) is 26.1. The predicted molar refractivity (Wildman–Crippen MR) is 121 cm³/mol. The number of piperazine rings is 1. The maximum absolute atomic E-state index is 9.78. The normalized spacial score (nSPS) is 15.1. The standard InChI is InChI=1S/C22H21N9O/c1-30-4-6-31(7-5-30)22-19-17(2-3-24-22)26-21(27-19)18-16-9-14(11-25-20(16)29-28-18)13-8-15(32)12-23-10-13/h2-3,8-12,32H,4-7H2,1H3,(H,26,27)(H,25,28,29). The number of anilines is 1. The summed E-state index contributed by atoms with van der Waals surface area (Å²) in [6.07, 6.45) is 6.64. The van der Waals surface area contributed by atoms with Gasteiger partial charge in [0.2, 0.25) is 0 Å². The Bertz CT molecular complexity index is 1430. The third-order valence-electron chi connectivity index (χ3n) is 5.88. The van der Waals surface area contributed by atoms with Gasteiger partial charge in [-0.05, 0) is 25.2 Å². The van der Waals surface area contributed by atoms with Crippen LogP contribution in [0.25, 0.3) is 44.7 Å². The van der Waals surface area contributed by atoms with Crippen LogP contribution in [0.4, 0.5) is 5.82 Å². The zero-order valence-corrected chi connectivity index (χ0v) is 17.4. The molecule has 0 unspecified atom stereocenters. The molecule has 0 atom stereocenters. The Balaban J connectivity index is 1.44. The third kappa shape index (κ3) is 3.12. The number of pyridine rings is 3. The molecule has 5 aromatic heterocycles. The van der Waals surface area contributed by atoms with Crippen molar-refractivity contribution in [2.45, 2.75) is 0 Å². The third-order valence-corrected chi connectivity index (χ3v) is 5.88. The molecule has 1 fully saturated rings. The van der Waals surface area contributed by atoms with Crippen LogP contribution < -0.4 is 4.90 Å². The molecule has 3 N–H and O–H groups in total. The fourth-order valence-electron chi connectivity index (χ4n) is 4.11. The summed E-state index contributed by atoms with van der Waals surface area (Å²) in [5.41, 5.74) is 4.71. The fraction of sp³-hybridized carbons (Fsp3) is 0.227. The molecule has 1 aliphatic heterocycles. The Morgan fingerprint density at radius 1 is 1.00 bits per heavy atom. The van der Waals surface area contributed by atoms with E-state index in [-0.39, 0.29) is 5.75 Å². The monoisotopic (exact) mass is 427 g/mol. The predicted octanol–water partition coefficient (Wildman–Crippen LogP) is 2.42. The molecule has 0 radical (unpaired) electrons. The molecule has 0 aromatic carbocycles. The Hall–Kier alpha value is -4.05. The van der Waals surface area contributed by atoms with Crippen molar-refractivity contribution in [3.05, 3.63) is 43.0 Å². The van der Waals surface area contributed by atoms with Gasteiger partial charge in [-0.15, -0.1) is 0 Å². The highest BCUT2D eigenvalue weighted by molar-refractivity contribution is 5.95. The van der Waals surface area contributed by atoms with Crippen molar-refractivity contribution in [1.82, 2.24) is 40.0 Å². The van der Waals surface area contributed by atoms with Crippen molar-refractivity contribution in [2.24, 2.45) is 0 Å². The first-order chi connectivity index (χ1) is 15.7. The van der Waals surface area contributed by atoms with Gasteiger partial charge in [-0.2, -0.15) is 5.10 Å². The van der Waals surface area contributed by atoms with Crippen molar-refractivity contribution in [1.29, 1.82) is 0 Å². The fourth-order valence-corrected chi connectivity index (χ4v) is 4.11. The molecule has 10 heteroatoms. The van der Waals surface area contributed by atoms with Gasteiger partial charge >= 0.3 is 0 Å². The molecule has 160 valence electrons. The lowest BCUT2D eigenvalue weighted by molar-refractivity contribution is 0.312. The van der Waals surface area contributed by atoms with Crippen molar-refractivity contribution in [2.75, 3.05) is 38.1 Å². The molecule has 0 spiro atoms. The van der Waals surface area contributed by atoms with Crippen LogP contribution in [0.2, 0.25) is 0 Å². The Morgan fingerprint density at radius 2 is 1.84 bits per heavy atom. The zero-order valence-electron chi connectivity index (χ0n) is 17.4. The number of hydrogen-bond donors (Lipinski definition) is 3. The van der Waals surface area contributed by atoms with Crippen LogP contribution in [-0.2, 0) is 0 Å². The van der Waals surface area contributed by atoms with Gasteiger partial charge in [0.1, 0.15) is 17.0 Å². The second-order valence-electron chi connectivity index (χ2n) is 8.03. The Kier molecular flexibility index (Phi) is 4.25. The number of aromatic nitrogens is 7. The van der Waals surface area contributed by atoms with Crippen LogP contribution in [0.15, 0.2) is 43.0 Å². The van der Waals surface area contributed by atoms with Crippen molar-refractivity contribution >= 4 is 27.9 Å². The minimum atomic E-state index is 0.108. The molecular weight excluding hydrogens is 406 g/mol. The van der Waals surface area contributed by atoms with E-state index in [4.69, 9.17) is 4.98 Å². The highest BCUT2D eigenvalue weighted by atomic mass is 16.3. The number of likely N-dealkylation sites (N-methyl/N-ethyl adjacent to an activating group) is 1. The lowest BCUT2D eigenvalue weighted by Crippen LogP contribution is -2.44. The van der Waals surface area contributed by atoms with E-state index in [1.165, 1.54) is 6.20 Å². The van der Waals surface area contributed by atoms with Gasteiger partial charge in [0.05, 0.1) is 17.1 Å². The van der Waals surface area contributed by atoms with Gasteiger partial charge in [0, 0.05) is 55.9 Å². The van der Waals surface area contributed by atoms with Crippen LogP contribution in [0.1, 0.15) is 0 Å². The molecule has 0 saturated carbocycles. The number of hydrogen-bond acceptors (Lipinski definition) is 8.